The molecular formula is C22H17FN4O2S. The van der Waals surface area contributed by atoms with E-state index in [0.717, 1.165) is 11.3 Å². The summed E-state index contributed by atoms with van der Waals surface area (Å²) in [6.45, 7) is 2.03. The highest BCUT2D eigenvalue weighted by Gasteiger charge is 2.13. The van der Waals surface area contributed by atoms with Crippen LogP contribution in [0.3, 0.4) is 0 Å². The Bertz CT molecular complexity index is 1280. The van der Waals surface area contributed by atoms with Gasteiger partial charge in [-0.1, -0.05) is 24.3 Å². The normalized spacial score (nSPS) is 10.7. The maximum atomic E-state index is 13.8. The van der Waals surface area contributed by atoms with Crippen molar-refractivity contribution in [2.24, 2.45) is 0 Å². The van der Waals surface area contributed by atoms with E-state index in [2.05, 4.69) is 15.3 Å². The summed E-state index contributed by atoms with van der Waals surface area (Å²) in [4.78, 5) is 33.6. The van der Waals surface area contributed by atoms with Crippen molar-refractivity contribution >= 4 is 22.4 Å². The molecule has 0 aliphatic heterocycles. The Morgan fingerprint density at radius 2 is 2.03 bits per heavy atom. The maximum Gasteiger partial charge on any atom is 0.257 e. The van der Waals surface area contributed by atoms with Crippen molar-refractivity contribution in [1.82, 2.24) is 14.5 Å². The molecule has 30 heavy (non-hydrogen) atoms. The van der Waals surface area contributed by atoms with Gasteiger partial charge < -0.3 is 4.57 Å². The summed E-state index contributed by atoms with van der Waals surface area (Å²) in [7, 11) is 0. The van der Waals surface area contributed by atoms with Crippen molar-refractivity contribution in [3.8, 4) is 11.4 Å². The van der Waals surface area contributed by atoms with Gasteiger partial charge in [-0.3, -0.25) is 19.9 Å². The SMILES string of the molecule is Cc1cccnc1-c1csc(NC(=O)c2ccn(Cc3ccccc3F)c(=O)c2)n1. The molecule has 0 aliphatic rings. The maximum absolute atomic E-state index is 13.8. The van der Waals surface area contributed by atoms with Gasteiger partial charge in [-0.2, -0.15) is 0 Å². The average Bonchev–Trinajstić information content (AvgIpc) is 3.19. The number of hydrogen-bond donors (Lipinski definition) is 1. The lowest BCUT2D eigenvalue weighted by molar-refractivity contribution is 0.102. The molecule has 6 nitrogen and oxygen atoms in total. The molecule has 150 valence electrons. The largest absolute Gasteiger partial charge is 0.311 e. The van der Waals surface area contributed by atoms with E-state index < -0.39 is 11.5 Å². The summed E-state index contributed by atoms with van der Waals surface area (Å²) in [5.74, 6) is -0.822. The number of amides is 1. The number of benzene rings is 1. The molecule has 3 aromatic heterocycles. The van der Waals surface area contributed by atoms with Crippen molar-refractivity contribution in [3.63, 3.8) is 0 Å². The van der Waals surface area contributed by atoms with Crippen LogP contribution in [0, 0.1) is 12.7 Å². The third-order valence-electron chi connectivity index (χ3n) is 4.53. The van der Waals surface area contributed by atoms with Gasteiger partial charge in [0.05, 0.1) is 12.2 Å². The van der Waals surface area contributed by atoms with E-state index in [1.165, 1.54) is 40.3 Å². The lowest BCUT2D eigenvalue weighted by Gasteiger charge is -2.08. The number of hydrogen-bond acceptors (Lipinski definition) is 5. The molecule has 1 N–H and O–H groups in total. The summed E-state index contributed by atoms with van der Waals surface area (Å²) in [6.07, 6.45) is 3.17. The van der Waals surface area contributed by atoms with Gasteiger partial charge in [-0.05, 0) is 30.7 Å². The minimum atomic E-state index is -0.441. The number of carbonyl (C=O) groups is 1. The van der Waals surface area contributed by atoms with E-state index in [0.29, 0.717) is 16.4 Å². The summed E-state index contributed by atoms with van der Waals surface area (Å²) >= 11 is 1.28. The summed E-state index contributed by atoms with van der Waals surface area (Å²) in [5, 5.41) is 4.94. The zero-order chi connectivity index (χ0) is 21.1. The van der Waals surface area contributed by atoms with E-state index in [-0.39, 0.29) is 17.9 Å². The van der Waals surface area contributed by atoms with Crippen LogP contribution in [-0.2, 0) is 6.54 Å². The number of rotatable bonds is 5. The Morgan fingerprint density at radius 3 is 2.80 bits per heavy atom. The predicted molar refractivity (Wildman–Crippen MR) is 114 cm³/mol. The van der Waals surface area contributed by atoms with Gasteiger partial charge in [0.2, 0.25) is 0 Å². The third kappa shape index (κ3) is 4.18. The van der Waals surface area contributed by atoms with E-state index in [1.807, 2.05) is 24.4 Å². The minimum Gasteiger partial charge on any atom is -0.311 e. The fraction of sp³-hybridized carbons (Fsp3) is 0.0909. The molecule has 4 aromatic rings. The van der Waals surface area contributed by atoms with Crippen LogP contribution in [0.15, 0.2) is 71.1 Å². The first-order valence-corrected chi connectivity index (χ1v) is 10.0. The Hall–Kier alpha value is -3.65. The molecule has 0 bridgehead atoms. The molecular weight excluding hydrogens is 403 g/mol. The minimum absolute atomic E-state index is 0.0900. The standard InChI is InChI=1S/C22H17FN4O2S/c1-14-5-4-9-24-20(14)18-13-30-22(25-18)26-21(29)15-8-10-27(19(28)11-15)12-16-6-2-3-7-17(16)23/h2-11,13H,12H2,1H3,(H,25,26,29). The second-order valence-electron chi connectivity index (χ2n) is 6.63. The van der Waals surface area contributed by atoms with E-state index in [4.69, 9.17) is 0 Å². The number of anilines is 1. The van der Waals surface area contributed by atoms with E-state index in [9.17, 15) is 14.0 Å². The van der Waals surface area contributed by atoms with Crippen LogP contribution in [0.1, 0.15) is 21.5 Å². The molecule has 0 saturated carbocycles. The zero-order valence-corrected chi connectivity index (χ0v) is 16.8. The second-order valence-corrected chi connectivity index (χ2v) is 7.49. The van der Waals surface area contributed by atoms with Crippen LogP contribution >= 0.6 is 11.3 Å². The molecule has 0 radical (unpaired) electrons. The summed E-state index contributed by atoms with van der Waals surface area (Å²) in [5.41, 5.74) is 2.63. The van der Waals surface area contributed by atoms with Crippen LogP contribution in [0.2, 0.25) is 0 Å². The summed E-state index contributed by atoms with van der Waals surface area (Å²) in [6, 6.07) is 12.8. The van der Waals surface area contributed by atoms with Crippen LogP contribution in [0.5, 0.6) is 0 Å². The Labute approximate surface area is 175 Å². The number of aryl methyl sites for hydroxylation is 1. The fourth-order valence-electron chi connectivity index (χ4n) is 2.95. The Morgan fingerprint density at radius 1 is 1.20 bits per heavy atom. The van der Waals surface area contributed by atoms with Crippen molar-refractivity contribution < 1.29 is 9.18 Å². The number of nitrogens with zero attached hydrogens (tertiary/aromatic N) is 3. The molecule has 0 fully saturated rings. The summed E-state index contributed by atoms with van der Waals surface area (Å²) < 4.78 is 15.2. The second kappa shape index (κ2) is 8.38. The molecule has 0 saturated heterocycles. The molecule has 1 aromatic carbocycles. The van der Waals surface area contributed by atoms with E-state index in [1.54, 1.807) is 24.4 Å². The number of halogens is 1. The lowest BCUT2D eigenvalue weighted by Crippen LogP contribution is -2.23. The molecule has 0 aliphatic carbocycles. The van der Waals surface area contributed by atoms with Gasteiger partial charge in [-0.15, -0.1) is 11.3 Å². The third-order valence-corrected chi connectivity index (χ3v) is 5.29. The van der Waals surface area contributed by atoms with Gasteiger partial charge in [-0.25, -0.2) is 9.37 Å². The average molecular weight is 420 g/mol. The first-order chi connectivity index (χ1) is 14.5. The van der Waals surface area contributed by atoms with Gasteiger partial charge in [0.1, 0.15) is 11.5 Å². The van der Waals surface area contributed by atoms with Crippen LogP contribution in [0.25, 0.3) is 11.4 Å². The molecule has 1 amide bonds. The monoisotopic (exact) mass is 420 g/mol. The smallest absolute Gasteiger partial charge is 0.257 e. The van der Waals surface area contributed by atoms with E-state index >= 15 is 0 Å². The highest BCUT2D eigenvalue weighted by molar-refractivity contribution is 7.14. The van der Waals surface area contributed by atoms with Gasteiger partial charge in [0.15, 0.2) is 5.13 Å². The van der Waals surface area contributed by atoms with Crippen molar-refractivity contribution in [2.75, 3.05) is 5.32 Å². The molecule has 4 rings (SSSR count). The quantitative estimate of drug-likeness (QED) is 0.527. The number of nitrogens with one attached hydrogen (secondary N) is 1. The van der Waals surface area contributed by atoms with Gasteiger partial charge >= 0.3 is 0 Å². The predicted octanol–water partition coefficient (Wildman–Crippen LogP) is 4.11. The molecule has 8 heteroatoms. The van der Waals surface area contributed by atoms with Crippen molar-refractivity contribution in [2.45, 2.75) is 13.5 Å². The molecule has 3 heterocycles. The highest BCUT2D eigenvalue weighted by atomic mass is 32.1. The Kier molecular flexibility index (Phi) is 5.49. The zero-order valence-electron chi connectivity index (χ0n) is 16.0. The van der Waals surface area contributed by atoms with Gasteiger partial charge in [0.25, 0.3) is 11.5 Å². The lowest BCUT2D eigenvalue weighted by atomic mass is 10.2. The number of pyridine rings is 2. The van der Waals surface area contributed by atoms with Gasteiger partial charge in [0, 0.05) is 35.0 Å². The molecule has 0 atom stereocenters. The van der Waals surface area contributed by atoms with Crippen molar-refractivity contribution in [1.29, 1.82) is 0 Å². The fourth-order valence-corrected chi connectivity index (χ4v) is 3.64. The topological polar surface area (TPSA) is 76.9 Å². The van der Waals surface area contributed by atoms with Crippen LogP contribution in [-0.4, -0.2) is 20.4 Å². The molecule has 0 spiro atoms. The number of carbonyl (C=O) groups excluding carboxylic acids is 1. The number of aromatic nitrogens is 3. The first-order valence-electron chi connectivity index (χ1n) is 9.14. The van der Waals surface area contributed by atoms with Crippen molar-refractivity contribution in [3.05, 3.63) is 99.2 Å². The van der Waals surface area contributed by atoms with Crippen LogP contribution in [0.4, 0.5) is 9.52 Å². The highest BCUT2D eigenvalue weighted by Crippen LogP contribution is 2.25. The Balaban J connectivity index is 1.49. The number of thiazole rings is 1. The first kappa shape index (κ1) is 19.7. The molecule has 0 unspecified atom stereocenters. The van der Waals surface area contributed by atoms with Crippen LogP contribution < -0.4 is 10.9 Å².